The highest BCUT2D eigenvalue weighted by atomic mass is 19.4. The molecule has 0 bridgehead atoms. The summed E-state index contributed by atoms with van der Waals surface area (Å²) in [6.45, 7) is 0. The van der Waals surface area contributed by atoms with Crippen LogP contribution in [0.1, 0.15) is 16.1 Å². The zero-order valence-electron chi connectivity index (χ0n) is 9.21. The maximum Gasteiger partial charge on any atom is 0.416 e. The molecule has 0 aliphatic rings. The Balaban J connectivity index is 2.60. The summed E-state index contributed by atoms with van der Waals surface area (Å²) in [6, 6.07) is 4.04. The average molecular weight is 272 g/mol. The second kappa shape index (κ2) is 4.30. The topological polar surface area (TPSA) is 85.9 Å². The van der Waals surface area contributed by atoms with Gasteiger partial charge in [0.05, 0.1) is 11.3 Å². The Labute approximate surface area is 103 Å². The lowest BCUT2D eigenvalue weighted by Gasteiger charge is -2.08. The van der Waals surface area contributed by atoms with E-state index < -0.39 is 29.1 Å². The molecule has 19 heavy (non-hydrogen) atoms. The quantitative estimate of drug-likeness (QED) is 0.782. The first-order valence-electron chi connectivity index (χ1n) is 5.02. The van der Waals surface area contributed by atoms with Crippen molar-refractivity contribution in [2.75, 3.05) is 0 Å². The standard InChI is InChI=1S/C11H7F3N2O3/c12-11(13,14)6-3-1-2-5(4-6)7-8(9(17)18)16-10(19)15-7/h1-4H,(H,17,18)(H2,15,16,19). The van der Waals surface area contributed by atoms with Gasteiger partial charge in [-0.05, 0) is 12.1 Å². The van der Waals surface area contributed by atoms with Gasteiger partial charge >= 0.3 is 17.8 Å². The van der Waals surface area contributed by atoms with Crippen molar-refractivity contribution in [1.82, 2.24) is 9.97 Å². The van der Waals surface area contributed by atoms with E-state index in [4.69, 9.17) is 5.11 Å². The van der Waals surface area contributed by atoms with E-state index in [-0.39, 0.29) is 11.3 Å². The Morgan fingerprint density at radius 3 is 2.47 bits per heavy atom. The minimum absolute atomic E-state index is 0.0365. The minimum atomic E-state index is -4.55. The van der Waals surface area contributed by atoms with Crippen molar-refractivity contribution < 1.29 is 23.1 Å². The Bertz CT molecular complexity index is 685. The van der Waals surface area contributed by atoms with E-state index in [0.717, 1.165) is 18.2 Å². The predicted molar refractivity (Wildman–Crippen MR) is 58.8 cm³/mol. The molecule has 8 heteroatoms. The fourth-order valence-corrected chi connectivity index (χ4v) is 1.61. The predicted octanol–water partition coefficient (Wildman–Crippen LogP) is 2.09. The van der Waals surface area contributed by atoms with Crippen LogP contribution in [0.2, 0.25) is 0 Å². The van der Waals surface area contributed by atoms with Crippen LogP contribution in [0.3, 0.4) is 0 Å². The number of carbonyl (C=O) groups is 1. The number of H-pyrrole nitrogens is 2. The smallest absolute Gasteiger partial charge is 0.416 e. The fraction of sp³-hybridized carbons (Fsp3) is 0.0909. The number of imidazole rings is 1. The molecule has 0 saturated heterocycles. The van der Waals surface area contributed by atoms with Crippen LogP contribution in [0.5, 0.6) is 0 Å². The van der Waals surface area contributed by atoms with E-state index in [9.17, 15) is 22.8 Å². The summed E-state index contributed by atoms with van der Waals surface area (Å²) in [5, 5.41) is 8.86. The molecule has 0 aliphatic carbocycles. The first-order chi connectivity index (χ1) is 8.79. The molecule has 2 rings (SSSR count). The van der Waals surface area contributed by atoms with Gasteiger partial charge in [0.25, 0.3) is 0 Å². The van der Waals surface area contributed by atoms with Crippen molar-refractivity contribution >= 4 is 5.97 Å². The minimum Gasteiger partial charge on any atom is -0.477 e. The summed E-state index contributed by atoms with van der Waals surface area (Å²) in [5.74, 6) is -1.44. The van der Waals surface area contributed by atoms with Crippen LogP contribution in [-0.4, -0.2) is 21.0 Å². The molecular weight excluding hydrogens is 265 g/mol. The Morgan fingerprint density at radius 1 is 1.21 bits per heavy atom. The third-order valence-electron chi connectivity index (χ3n) is 2.42. The monoisotopic (exact) mass is 272 g/mol. The van der Waals surface area contributed by atoms with Gasteiger partial charge in [-0.2, -0.15) is 13.2 Å². The van der Waals surface area contributed by atoms with Crippen molar-refractivity contribution in [2.45, 2.75) is 6.18 Å². The molecule has 0 spiro atoms. The van der Waals surface area contributed by atoms with Gasteiger partial charge in [-0.1, -0.05) is 12.1 Å². The maximum atomic E-state index is 12.6. The molecular formula is C11H7F3N2O3. The maximum absolute atomic E-state index is 12.6. The highest BCUT2D eigenvalue weighted by Gasteiger charge is 2.31. The van der Waals surface area contributed by atoms with E-state index in [1.165, 1.54) is 6.07 Å². The van der Waals surface area contributed by atoms with Crippen LogP contribution >= 0.6 is 0 Å². The highest BCUT2D eigenvalue weighted by Crippen LogP contribution is 2.32. The number of aromatic nitrogens is 2. The van der Waals surface area contributed by atoms with Gasteiger partial charge in [-0.15, -0.1) is 0 Å². The molecule has 2 aromatic rings. The number of halogens is 3. The van der Waals surface area contributed by atoms with Crippen molar-refractivity contribution in [2.24, 2.45) is 0 Å². The van der Waals surface area contributed by atoms with Crippen LogP contribution in [0.25, 0.3) is 11.3 Å². The van der Waals surface area contributed by atoms with Crippen molar-refractivity contribution in [3.63, 3.8) is 0 Å². The number of carboxylic acids is 1. The molecule has 1 heterocycles. The zero-order chi connectivity index (χ0) is 14.2. The molecule has 0 atom stereocenters. The van der Waals surface area contributed by atoms with Crippen molar-refractivity contribution in [3.05, 3.63) is 46.0 Å². The van der Waals surface area contributed by atoms with Crippen LogP contribution in [-0.2, 0) is 6.18 Å². The zero-order valence-corrected chi connectivity index (χ0v) is 9.21. The molecule has 1 aromatic heterocycles. The number of hydrogen-bond acceptors (Lipinski definition) is 2. The van der Waals surface area contributed by atoms with Gasteiger partial charge in [0.15, 0.2) is 5.69 Å². The van der Waals surface area contributed by atoms with E-state index in [1.807, 2.05) is 4.98 Å². The van der Waals surface area contributed by atoms with Crippen molar-refractivity contribution in [1.29, 1.82) is 0 Å². The summed E-state index contributed by atoms with van der Waals surface area (Å²) in [4.78, 5) is 26.1. The number of aromatic carboxylic acids is 1. The van der Waals surface area contributed by atoms with E-state index in [2.05, 4.69) is 4.98 Å². The molecule has 0 amide bonds. The lowest BCUT2D eigenvalue weighted by Crippen LogP contribution is -2.05. The summed E-state index contributed by atoms with van der Waals surface area (Å²) >= 11 is 0. The Morgan fingerprint density at radius 2 is 1.89 bits per heavy atom. The molecule has 1 aromatic carbocycles. The van der Waals surface area contributed by atoms with Crippen LogP contribution in [0.15, 0.2) is 29.1 Å². The molecule has 0 unspecified atom stereocenters. The SMILES string of the molecule is O=C(O)c1[nH]c(=O)[nH]c1-c1cccc(C(F)(F)F)c1. The average Bonchev–Trinajstić information content (AvgIpc) is 2.71. The van der Waals surface area contributed by atoms with Gasteiger partial charge in [-0.3, -0.25) is 4.98 Å². The molecule has 3 N–H and O–H groups in total. The van der Waals surface area contributed by atoms with Gasteiger partial charge < -0.3 is 10.1 Å². The van der Waals surface area contributed by atoms with E-state index >= 15 is 0 Å². The van der Waals surface area contributed by atoms with Crippen LogP contribution in [0, 0.1) is 0 Å². The molecule has 0 radical (unpaired) electrons. The van der Waals surface area contributed by atoms with Crippen LogP contribution < -0.4 is 5.69 Å². The fourth-order valence-electron chi connectivity index (χ4n) is 1.61. The molecule has 100 valence electrons. The number of alkyl halides is 3. The van der Waals surface area contributed by atoms with Gasteiger partial charge in [0.2, 0.25) is 0 Å². The number of benzene rings is 1. The second-order valence-electron chi connectivity index (χ2n) is 3.71. The first-order valence-corrected chi connectivity index (χ1v) is 5.02. The summed E-state index contributed by atoms with van der Waals surface area (Å²) in [7, 11) is 0. The van der Waals surface area contributed by atoms with Crippen molar-refractivity contribution in [3.8, 4) is 11.3 Å². The molecule has 0 aliphatic heterocycles. The lowest BCUT2D eigenvalue weighted by molar-refractivity contribution is -0.137. The lowest BCUT2D eigenvalue weighted by atomic mass is 10.1. The molecule has 5 nitrogen and oxygen atoms in total. The number of aromatic amines is 2. The first kappa shape index (κ1) is 12.9. The van der Waals surface area contributed by atoms with E-state index in [0.29, 0.717) is 0 Å². The second-order valence-corrected chi connectivity index (χ2v) is 3.71. The summed E-state index contributed by atoms with van der Waals surface area (Å²) in [5.41, 5.74) is -2.44. The number of hydrogen-bond donors (Lipinski definition) is 3. The third-order valence-corrected chi connectivity index (χ3v) is 2.42. The van der Waals surface area contributed by atoms with Gasteiger partial charge in [0.1, 0.15) is 0 Å². The number of carboxylic acid groups (broad SMARTS) is 1. The molecule has 0 fully saturated rings. The third kappa shape index (κ3) is 2.51. The van der Waals surface area contributed by atoms with Crippen LogP contribution in [0.4, 0.5) is 13.2 Å². The number of nitrogens with one attached hydrogen (secondary N) is 2. The van der Waals surface area contributed by atoms with Gasteiger partial charge in [0, 0.05) is 5.56 Å². The Kier molecular flexibility index (Phi) is 2.93. The Hall–Kier alpha value is -2.51. The number of rotatable bonds is 2. The van der Waals surface area contributed by atoms with Gasteiger partial charge in [-0.25, -0.2) is 9.59 Å². The molecule has 0 saturated carbocycles. The largest absolute Gasteiger partial charge is 0.477 e. The highest BCUT2D eigenvalue weighted by molar-refractivity contribution is 5.92. The van der Waals surface area contributed by atoms with E-state index in [1.54, 1.807) is 0 Å². The summed E-state index contributed by atoms with van der Waals surface area (Å²) < 4.78 is 37.7. The normalized spacial score (nSPS) is 11.5. The summed E-state index contributed by atoms with van der Waals surface area (Å²) in [6.07, 6.45) is -4.55.